The van der Waals surface area contributed by atoms with E-state index in [0.29, 0.717) is 54.2 Å². The number of aliphatic hydroxyl groups excluding tert-OH is 1. The van der Waals surface area contributed by atoms with Crippen molar-refractivity contribution in [1.82, 2.24) is 9.80 Å². The lowest BCUT2D eigenvalue weighted by atomic mass is 9.98. The van der Waals surface area contributed by atoms with Crippen LogP contribution in [0, 0.1) is 11.6 Å². The minimum Gasteiger partial charge on any atom is -0.444 e. The molecule has 0 saturated carbocycles. The molecule has 0 saturated heterocycles. The number of aliphatic hydroxyl groups is 1. The van der Waals surface area contributed by atoms with E-state index in [1.807, 2.05) is 39.0 Å². The molecule has 3 rings (SSSR count). The van der Waals surface area contributed by atoms with Crippen LogP contribution in [0.25, 0.3) is 0 Å². The zero-order chi connectivity index (χ0) is 41.6. The average Bonchev–Trinajstić information content (AvgIpc) is 3.12. The Hall–Kier alpha value is -4.40. The minimum atomic E-state index is -3.97. The maximum atomic E-state index is 14.6. The Morgan fingerprint density at radius 2 is 1.41 bits per heavy atom. The Bertz CT molecular complexity index is 1830. The van der Waals surface area contributed by atoms with Gasteiger partial charge in [-0.2, -0.15) is 0 Å². The standard InChI is InChI=1S/C42H57F2N3O8S/c1-7-14-35(15-8-2)56(52,53)28-36(45)39(49)47(41(51)54-27-30-16-11-10-12-17-30)37(23-32-21-33(43)24-34(44)22-32)38(48)26-46(40(50)55-42(4,5)6)25-31-19-13-18-29(9-3)20-31/h10-13,16-22,24,35-38,48H,7-9,14-15,23,25-28,45H2,1-6H3/t36?,37-,38+/m0/s1. The summed E-state index contributed by atoms with van der Waals surface area (Å²) in [6.45, 7) is 9.76. The molecule has 308 valence electrons. The summed E-state index contributed by atoms with van der Waals surface area (Å²) in [6, 6.07) is 15.1. The fourth-order valence-electron chi connectivity index (χ4n) is 6.38. The van der Waals surface area contributed by atoms with Crippen molar-refractivity contribution >= 4 is 27.9 Å². The molecule has 0 heterocycles. The highest BCUT2D eigenvalue weighted by atomic mass is 32.2. The number of imide groups is 1. The molecule has 3 atom stereocenters. The van der Waals surface area contributed by atoms with Crippen LogP contribution in [0.15, 0.2) is 72.8 Å². The third-order valence-corrected chi connectivity index (χ3v) is 11.4. The fraction of sp³-hybridized carbons (Fsp3) is 0.500. The zero-order valence-corrected chi connectivity index (χ0v) is 34.1. The lowest BCUT2D eigenvalue weighted by Gasteiger charge is -2.37. The summed E-state index contributed by atoms with van der Waals surface area (Å²) in [5.74, 6) is -3.91. The van der Waals surface area contributed by atoms with Gasteiger partial charge in [0.1, 0.15) is 23.8 Å². The number of nitrogens with two attached hydrogens (primary N) is 1. The van der Waals surface area contributed by atoms with Gasteiger partial charge in [0.25, 0.3) is 0 Å². The predicted octanol–water partition coefficient (Wildman–Crippen LogP) is 7.11. The van der Waals surface area contributed by atoms with Crippen LogP contribution < -0.4 is 5.73 Å². The number of amides is 3. The molecule has 3 N–H and O–H groups in total. The molecule has 0 radical (unpaired) electrons. The molecule has 1 unspecified atom stereocenters. The van der Waals surface area contributed by atoms with Gasteiger partial charge in [0.2, 0.25) is 5.91 Å². The molecule has 0 fully saturated rings. The van der Waals surface area contributed by atoms with Gasteiger partial charge in [-0.25, -0.2) is 31.7 Å². The number of carbonyl (C=O) groups is 3. The first-order valence-corrected chi connectivity index (χ1v) is 20.8. The van der Waals surface area contributed by atoms with Crippen LogP contribution >= 0.6 is 0 Å². The van der Waals surface area contributed by atoms with E-state index < -0.39 is 87.3 Å². The van der Waals surface area contributed by atoms with Crippen LogP contribution in [0.1, 0.15) is 89.5 Å². The van der Waals surface area contributed by atoms with Gasteiger partial charge in [-0.15, -0.1) is 0 Å². The topological polar surface area (TPSA) is 157 Å². The van der Waals surface area contributed by atoms with Crippen molar-refractivity contribution in [1.29, 1.82) is 0 Å². The van der Waals surface area contributed by atoms with Crippen LogP contribution in [0.2, 0.25) is 0 Å². The van der Waals surface area contributed by atoms with Crippen LogP contribution in [-0.2, 0) is 50.1 Å². The lowest BCUT2D eigenvalue weighted by molar-refractivity contribution is -0.135. The van der Waals surface area contributed by atoms with E-state index in [9.17, 15) is 36.7 Å². The summed E-state index contributed by atoms with van der Waals surface area (Å²) in [5.41, 5.74) is 7.58. The number of sulfone groups is 1. The number of benzene rings is 3. The molecule has 0 aliphatic heterocycles. The van der Waals surface area contributed by atoms with Gasteiger partial charge in [0, 0.05) is 12.6 Å². The molecule has 3 aromatic carbocycles. The van der Waals surface area contributed by atoms with Crippen molar-refractivity contribution in [3.8, 4) is 0 Å². The van der Waals surface area contributed by atoms with Crippen LogP contribution in [0.5, 0.6) is 0 Å². The first-order chi connectivity index (χ1) is 26.4. The fourth-order valence-corrected chi connectivity index (χ4v) is 8.48. The molecule has 11 nitrogen and oxygen atoms in total. The second-order valence-electron chi connectivity index (χ2n) is 15.0. The number of halogens is 2. The van der Waals surface area contributed by atoms with Crippen molar-refractivity contribution in [2.75, 3.05) is 12.3 Å². The summed E-state index contributed by atoms with van der Waals surface area (Å²) in [7, 11) is -3.97. The molecule has 3 amide bonds. The summed E-state index contributed by atoms with van der Waals surface area (Å²) >= 11 is 0. The minimum absolute atomic E-state index is 0.0492. The van der Waals surface area contributed by atoms with Crippen molar-refractivity contribution in [2.45, 2.75) is 122 Å². The normalized spacial score (nSPS) is 13.5. The molecular formula is C42H57F2N3O8S. The average molecular weight is 802 g/mol. The Kier molecular flexibility index (Phi) is 17.4. The number of ether oxygens (including phenoxy) is 2. The number of nitrogens with zero attached hydrogens (tertiary/aromatic N) is 2. The highest BCUT2D eigenvalue weighted by molar-refractivity contribution is 7.92. The summed E-state index contributed by atoms with van der Waals surface area (Å²) in [5, 5.41) is 11.3. The molecular weight excluding hydrogens is 745 g/mol. The van der Waals surface area contributed by atoms with E-state index in [0.717, 1.165) is 17.7 Å². The SMILES string of the molecule is CCCC(CCC)S(=O)(=O)CC(N)C(=O)N(C(=O)OCc1ccccc1)[C@@H](Cc1cc(F)cc(F)c1)[C@H](O)CN(Cc1cccc(CC)c1)C(=O)OC(C)(C)C. The van der Waals surface area contributed by atoms with Gasteiger partial charge in [-0.1, -0.05) is 88.2 Å². The highest BCUT2D eigenvalue weighted by Crippen LogP contribution is 2.23. The summed E-state index contributed by atoms with van der Waals surface area (Å²) in [4.78, 5) is 44.0. The number of rotatable bonds is 19. The van der Waals surface area contributed by atoms with E-state index in [4.69, 9.17) is 15.2 Å². The predicted molar refractivity (Wildman–Crippen MR) is 211 cm³/mol. The molecule has 0 spiro atoms. The van der Waals surface area contributed by atoms with Crippen molar-refractivity contribution in [3.63, 3.8) is 0 Å². The number of aryl methyl sites for hydroxylation is 1. The second kappa shape index (κ2) is 21.2. The van der Waals surface area contributed by atoms with E-state index in [1.165, 1.54) is 4.90 Å². The molecule has 0 aliphatic carbocycles. The van der Waals surface area contributed by atoms with Crippen LogP contribution in [-0.4, -0.2) is 82.8 Å². The smallest absolute Gasteiger partial charge is 0.417 e. The second-order valence-corrected chi connectivity index (χ2v) is 17.4. The third kappa shape index (κ3) is 14.3. The number of hydrogen-bond acceptors (Lipinski definition) is 9. The monoisotopic (exact) mass is 801 g/mol. The summed E-state index contributed by atoms with van der Waals surface area (Å²) < 4.78 is 67.6. The summed E-state index contributed by atoms with van der Waals surface area (Å²) in [6.07, 6.45) is -1.89. The van der Waals surface area contributed by atoms with Gasteiger partial charge < -0.3 is 25.2 Å². The highest BCUT2D eigenvalue weighted by Gasteiger charge is 2.41. The van der Waals surface area contributed by atoms with Crippen LogP contribution in [0.4, 0.5) is 18.4 Å². The largest absolute Gasteiger partial charge is 0.444 e. The van der Waals surface area contributed by atoms with E-state index in [-0.39, 0.29) is 18.7 Å². The molecule has 0 bridgehead atoms. The van der Waals surface area contributed by atoms with Crippen molar-refractivity contribution in [2.24, 2.45) is 5.73 Å². The van der Waals surface area contributed by atoms with Gasteiger partial charge >= 0.3 is 12.2 Å². The van der Waals surface area contributed by atoms with E-state index in [1.54, 1.807) is 57.2 Å². The van der Waals surface area contributed by atoms with Gasteiger partial charge in [0.05, 0.1) is 35.7 Å². The quantitative estimate of drug-likeness (QED) is 0.129. The first-order valence-electron chi connectivity index (χ1n) is 19.1. The maximum Gasteiger partial charge on any atom is 0.417 e. The van der Waals surface area contributed by atoms with Crippen molar-refractivity contribution < 1.29 is 46.2 Å². The van der Waals surface area contributed by atoms with E-state index in [2.05, 4.69) is 0 Å². The van der Waals surface area contributed by atoms with Crippen molar-refractivity contribution in [3.05, 3.63) is 107 Å². The first kappa shape index (κ1) is 46.0. The van der Waals surface area contributed by atoms with Gasteiger partial charge in [-0.3, -0.25) is 4.79 Å². The Morgan fingerprint density at radius 3 is 1.98 bits per heavy atom. The van der Waals surface area contributed by atoms with Crippen LogP contribution in [0.3, 0.4) is 0 Å². The Morgan fingerprint density at radius 1 is 0.821 bits per heavy atom. The number of carbonyl (C=O) groups excluding carboxylic acids is 3. The molecule has 0 aliphatic rings. The third-order valence-electron chi connectivity index (χ3n) is 9.07. The van der Waals surface area contributed by atoms with E-state index >= 15 is 0 Å². The van der Waals surface area contributed by atoms with Gasteiger partial charge in [-0.05, 0) is 80.8 Å². The Balaban J connectivity index is 2.15. The molecule has 3 aromatic rings. The molecule has 14 heteroatoms. The van der Waals surface area contributed by atoms with Gasteiger partial charge in [0.15, 0.2) is 9.84 Å². The molecule has 0 aromatic heterocycles. The number of hydrogen-bond donors (Lipinski definition) is 2. The zero-order valence-electron chi connectivity index (χ0n) is 33.2. The molecule has 56 heavy (non-hydrogen) atoms. The lowest BCUT2D eigenvalue weighted by Crippen LogP contribution is -2.59. The maximum absolute atomic E-state index is 14.6. The Labute approximate surface area is 330 Å².